The third-order valence-corrected chi connectivity index (χ3v) is 4.61. The summed E-state index contributed by atoms with van der Waals surface area (Å²) in [5.74, 6) is 1.97. The Morgan fingerprint density at radius 1 is 1.40 bits per heavy atom. The van der Waals surface area contributed by atoms with Crippen molar-refractivity contribution >= 4 is 15.6 Å². The second kappa shape index (κ2) is 2.82. The minimum atomic E-state index is -2.31. The van der Waals surface area contributed by atoms with Crippen LogP contribution in [0.3, 0.4) is 0 Å². The number of thiol groups is 1. The van der Waals surface area contributed by atoms with Crippen molar-refractivity contribution in [3.8, 4) is 0 Å². The summed E-state index contributed by atoms with van der Waals surface area (Å²) in [6.07, 6.45) is 1.94. The Bertz CT molecular complexity index is 164. The third kappa shape index (κ3) is 1.66. The molecular weight excluding hydrogens is 148 g/mol. The van der Waals surface area contributed by atoms with Crippen molar-refractivity contribution in [3.63, 3.8) is 0 Å². The van der Waals surface area contributed by atoms with Crippen molar-refractivity contribution in [1.29, 1.82) is 0 Å². The van der Waals surface area contributed by atoms with Crippen LogP contribution in [-0.4, -0.2) is 21.3 Å². The Hall–Kier alpha value is -0.180. The summed E-state index contributed by atoms with van der Waals surface area (Å²) >= 11 is 0. The molecule has 0 radical (unpaired) electrons. The highest BCUT2D eigenvalue weighted by Gasteiger charge is 2.21. The van der Waals surface area contributed by atoms with E-state index in [-0.39, 0.29) is 0 Å². The van der Waals surface area contributed by atoms with Crippen molar-refractivity contribution in [1.82, 2.24) is 0 Å². The summed E-state index contributed by atoms with van der Waals surface area (Å²) in [6.45, 7) is 2.15. The monoisotopic (exact) mass is 162 g/mol. The molecule has 0 aromatic rings. The largest absolute Gasteiger partial charge is 0.290 e. The summed E-state index contributed by atoms with van der Waals surface area (Å²) in [5.41, 5.74) is 0.693. The minimum absolute atomic E-state index is 0.650. The average Bonchev–Trinajstić information content (AvgIpc) is 1.96. The van der Waals surface area contributed by atoms with E-state index in [0.717, 1.165) is 12.8 Å². The van der Waals surface area contributed by atoms with Crippen molar-refractivity contribution in [3.05, 3.63) is 0 Å². The van der Waals surface area contributed by atoms with Crippen molar-refractivity contribution < 1.29 is 9.00 Å². The lowest BCUT2D eigenvalue weighted by Gasteiger charge is -2.26. The van der Waals surface area contributed by atoms with Gasteiger partial charge in [0.1, 0.15) is 0 Å². The van der Waals surface area contributed by atoms with Crippen LogP contribution in [0.25, 0.3) is 0 Å². The maximum absolute atomic E-state index is 11.4. The highest BCUT2D eigenvalue weighted by Crippen LogP contribution is 2.21. The Labute approximate surface area is 62.4 Å². The van der Waals surface area contributed by atoms with Crippen LogP contribution >= 0.6 is 0 Å². The van der Waals surface area contributed by atoms with Crippen LogP contribution in [0.1, 0.15) is 19.8 Å². The van der Waals surface area contributed by atoms with Gasteiger partial charge in [-0.05, 0) is 18.8 Å². The van der Waals surface area contributed by atoms with Gasteiger partial charge < -0.3 is 0 Å². The summed E-state index contributed by atoms with van der Waals surface area (Å²) in [5, 5.41) is 0. The minimum Gasteiger partial charge on any atom is -0.290 e. The first-order valence-corrected chi connectivity index (χ1v) is 5.85. The summed E-state index contributed by atoms with van der Waals surface area (Å²) < 4.78 is 11.4. The van der Waals surface area contributed by atoms with Gasteiger partial charge in [-0.15, -0.1) is 0 Å². The predicted octanol–water partition coefficient (Wildman–Crippen LogP) is 0.623. The maximum atomic E-state index is 11.4. The van der Waals surface area contributed by atoms with Gasteiger partial charge in [0.2, 0.25) is 0 Å². The predicted molar refractivity (Wildman–Crippen MR) is 44.4 cm³/mol. The zero-order chi connectivity index (χ0) is 7.61. The van der Waals surface area contributed by atoms with Crippen molar-refractivity contribution in [2.24, 2.45) is 5.92 Å². The molecule has 1 aliphatic heterocycles. The number of hydrogen-bond donors (Lipinski definition) is 1. The molecule has 0 unspecified atom stereocenters. The molecule has 2 nitrogen and oxygen atoms in total. The second-order valence-corrected chi connectivity index (χ2v) is 6.20. The zero-order valence-corrected chi connectivity index (χ0v) is 7.14. The second-order valence-electron chi connectivity index (χ2n) is 3.19. The normalized spacial score (nSPS) is 34.7. The summed E-state index contributed by atoms with van der Waals surface area (Å²) in [7, 11) is -2.31. The number of carbonyl (C=O) groups is 1. The van der Waals surface area contributed by atoms with Crippen LogP contribution in [0, 0.1) is 5.92 Å². The summed E-state index contributed by atoms with van der Waals surface area (Å²) in [4.78, 5) is 10.3. The average molecular weight is 162 g/mol. The highest BCUT2D eigenvalue weighted by molar-refractivity contribution is 8.14. The topological polar surface area (TPSA) is 34.1 Å². The fourth-order valence-electron chi connectivity index (χ4n) is 1.24. The lowest BCUT2D eigenvalue weighted by molar-refractivity contribution is 0.519. The molecule has 0 amide bonds. The van der Waals surface area contributed by atoms with Gasteiger partial charge in [0.25, 0.3) is 0 Å². The van der Waals surface area contributed by atoms with E-state index in [2.05, 4.69) is 6.92 Å². The van der Waals surface area contributed by atoms with E-state index in [0.29, 0.717) is 23.0 Å². The molecule has 0 spiro atoms. The maximum Gasteiger partial charge on any atom is 0.183 e. The fraction of sp³-hybridized carbons (Fsp3) is 0.857. The van der Waals surface area contributed by atoms with Gasteiger partial charge in [0.05, 0.1) is 0 Å². The van der Waals surface area contributed by atoms with E-state index in [1.807, 2.05) is 0 Å². The molecule has 1 rings (SSSR count). The molecule has 0 aromatic carbocycles. The molecule has 1 fully saturated rings. The van der Waals surface area contributed by atoms with Crippen LogP contribution < -0.4 is 0 Å². The summed E-state index contributed by atoms with van der Waals surface area (Å²) in [6, 6.07) is 0. The van der Waals surface area contributed by atoms with Gasteiger partial charge in [-0.25, -0.2) is 0 Å². The van der Waals surface area contributed by atoms with Crippen molar-refractivity contribution in [2.75, 3.05) is 11.5 Å². The van der Waals surface area contributed by atoms with Crippen LogP contribution in [0.2, 0.25) is 0 Å². The van der Waals surface area contributed by atoms with Gasteiger partial charge >= 0.3 is 0 Å². The molecule has 0 saturated carbocycles. The number of carbonyl (C=O) groups excluding carboxylic acids is 1. The van der Waals surface area contributed by atoms with Gasteiger partial charge in [-0.3, -0.25) is 9.00 Å². The molecular formula is C7H14O2S. The Morgan fingerprint density at radius 2 is 1.90 bits per heavy atom. The Morgan fingerprint density at radius 3 is 2.30 bits per heavy atom. The van der Waals surface area contributed by atoms with Gasteiger partial charge in [0, 0.05) is 11.5 Å². The van der Waals surface area contributed by atoms with E-state index < -0.39 is 9.93 Å². The Balaban J connectivity index is 2.54. The molecule has 0 aliphatic carbocycles. The van der Waals surface area contributed by atoms with Gasteiger partial charge in [0.15, 0.2) is 5.62 Å². The van der Waals surface area contributed by atoms with E-state index in [4.69, 9.17) is 0 Å². The van der Waals surface area contributed by atoms with Crippen LogP contribution in [-0.2, 0) is 14.7 Å². The first kappa shape index (κ1) is 7.92. The standard InChI is InChI=1S/C7H14O2S/c1-7-2-4-10(9,6-8)5-3-7/h6-7,10H,2-5H2,1H3. The quantitative estimate of drug-likeness (QED) is 0.453. The molecule has 10 heavy (non-hydrogen) atoms. The van der Waals surface area contributed by atoms with Gasteiger partial charge in [-0.2, -0.15) is 0 Å². The van der Waals surface area contributed by atoms with Crippen LogP contribution in [0.15, 0.2) is 0 Å². The third-order valence-electron chi connectivity index (χ3n) is 2.19. The Kier molecular flexibility index (Phi) is 2.24. The van der Waals surface area contributed by atoms with E-state index in [9.17, 15) is 9.00 Å². The molecule has 3 heteroatoms. The number of rotatable bonds is 1. The lowest BCUT2D eigenvalue weighted by Crippen LogP contribution is -2.29. The number of hydrogen-bond acceptors (Lipinski definition) is 2. The first-order valence-electron chi connectivity index (χ1n) is 3.70. The van der Waals surface area contributed by atoms with E-state index in [1.54, 1.807) is 0 Å². The molecule has 0 bridgehead atoms. The fourth-order valence-corrected chi connectivity index (χ4v) is 3.43. The smallest absolute Gasteiger partial charge is 0.183 e. The SMILES string of the molecule is CC1CC[SH](=O)(C=O)CC1. The van der Waals surface area contributed by atoms with E-state index in [1.165, 1.54) is 0 Å². The molecule has 0 N–H and O–H groups in total. The molecule has 1 heterocycles. The van der Waals surface area contributed by atoms with Crippen molar-refractivity contribution in [2.45, 2.75) is 19.8 Å². The molecule has 0 aromatic heterocycles. The highest BCUT2D eigenvalue weighted by atomic mass is 32.2. The molecule has 0 atom stereocenters. The van der Waals surface area contributed by atoms with Gasteiger partial charge in [-0.1, -0.05) is 16.9 Å². The lowest BCUT2D eigenvalue weighted by atomic mass is 10.1. The molecule has 60 valence electrons. The molecule has 1 saturated heterocycles. The van der Waals surface area contributed by atoms with E-state index >= 15 is 0 Å². The zero-order valence-electron chi connectivity index (χ0n) is 6.25. The first-order chi connectivity index (χ1) is 4.66. The van der Waals surface area contributed by atoms with Crippen LogP contribution in [0.5, 0.6) is 0 Å². The van der Waals surface area contributed by atoms with Crippen LogP contribution in [0.4, 0.5) is 0 Å². The molecule has 1 aliphatic rings.